The molecule has 5 rings (SSSR count). The third-order valence-corrected chi connectivity index (χ3v) is 6.88. The van der Waals surface area contributed by atoms with Gasteiger partial charge in [-0.15, -0.1) is 0 Å². The van der Waals surface area contributed by atoms with Crippen molar-refractivity contribution in [2.45, 2.75) is 32.0 Å². The summed E-state index contributed by atoms with van der Waals surface area (Å²) in [5.41, 5.74) is 2.29. The van der Waals surface area contributed by atoms with Gasteiger partial charge in [-0.2, -0.15) is 0 Å². The van der Waals surface area contributed by atoms with Crippen LogP contribution in [-0.2, 0) is 26.5 Å². The van der Waals surface area contributed by atoms with Crippen molar-refractivity contribution in [3.63, 3.8) is 0 Å². The number of benzene rings is 2. The molecule has 158 valence electrons. The van der Waals surface area contributed by atoms with Crippen LogP contribution in [0.2, 0.25) is 0 Å². The fourth-order valence-electron chi connectivity index (χ4n) is 5.70. The summed E-state index contributed by atoms with van der Waals surface area (Å²) in [7, 11) is 0. The molecule has 0 aliphatic carbocycles. The van der Waals surface area contributed by atoms with Crippen molar-refractivity contribution in [1.82, 2.24) is 4.90 Å². The summed E-state index contributed by atoms with van der Waals surface area (Å²) in [6, 6.07) is 17.0. The second-order valence-corrected chi connectivity index (χ2v) is 9.01. The molecule has 3 aliphatic heterocycles. The molecule has 2 saturated heterocycles. The van der Waals surface area contributed by atoms with Crippen molar-refractivity contribution < 1.29 is 19.7 Å². The van der Waals surface area contributed by atoms with E-state index in [1.54, 1.807) is 4.90 Å². The lowest BCUT2D eigenvalue weighted by molar-refractivity contribution is -0.730. The molecule has 2 aromatic carbocycles. The molecular weight excluding hydrogens is 390 g/mol. The molecule has 2 N–H and O–H groups in total. The van der Waals surface area contributed by atoms with E-state index in [2.05, 4.69) is 6.58 Å². The summed E-state index contributed by atoms with van der Waals surface area (Å²) in [6.07, 6.45) is 0. The summed E-state index contributed by atoms with van der Waals surface area (Å²) in [5.74, 6) is -1.78. The minimum absolute atomic E-state index is 0.126. The second kappa shape index (κ2) is 6.89. The van der Waals surface area contributed by atoms with E-state index < -0.39 is 17.4 Å². The van der Waals surface area contributed by atoms with E-state index in [4.69, 9.17) is 0 Å². The highest BCUT2D eigenvalue weighted by atomic mass is 16.2. The molecule has 2 aromatic rings. The number of fused-ring (bicyclic) bond motifs is 4. The van der Waals surface area contributed by atoms with Gasteiger partial charge in [-0.25, -0.2) is 0 Å². The third-order valence-electron chi connectivity index (χ3n) is 6.88. The van der Waals surface area contributed by atoms with Crippen LogP contribution in [0.3, 0.4) is 0 Å². The number of anilines is 1. The number of amides is 3. The molecular formula is C25H26N3O3+. The van der Waals surface area contributed by atoms with E-state index in [-0.39, 0.29) is 30.3 Å². The van der Waals surface area contributed by atoms with Gasteiger partial charge in [-0.3, -0.25) is 19.3 Å². The highest BCUT2D eigenvalue weighted by Gasteiger charge is 2.74. The topological polar surface area (TPSA) is 74.3 Å². The monoisotopic (exact) mass is 416 g/mol. The largest absolute Gasteiger partial charge is 0.326 e. The minimum atomic E-state index is -1.10. The Bertz CT molecular complexity index is 1110. The number of para-hydroxylation sites is 1. The Labute approximate surface area is 181 Å². The number of rotatable bonds is 4. The van der Waals surface area contributed by atoms with Gasteiger partial charge in [0.1, 0.15) is 11.8 Å². The highest BCUT2D eigenvalue weighted by Crippen LogP contribution is 2.51. The molecule has 0 bridgehead atoms. The van der Waals surface area contributed by atoms with Gasteiger partial charge in [0.15, 0.2) is 0 Å². The van der Waals surface area contributed by atoms with Crippen LogP contribution >= 0.6 is 0 Å². The Hall–Kier alpha value is -3.25. The predicted octanol–water partition coefficient (Wildman–Crippen LogP) is 1.57. The average Bonchev–Trinajstić information content (AvgIpc) is 3.29. The summed E-state index contributed by atoms with van der Waals surface area (Å²) < 4.78 is 0. The van der Waals surface area contributed by atoms with Crippen molar-refractivity contribution >= 4 is 23.4 Å². The van der Waals surface area contributed by atoms with E-state index in [9.17, 15) is 14.4 Å². The Morgan fingerprint density at radius 2 is 1.68 bits per heavy atom. The number of nitrogens with zero attached hydrogens (tertiary/aromatic N) is 2. The van der Waals surface area contributed by atoms with Crippen LogP contribution in [0.5, 0.6) is 0 Å². The maximum Gasteiger partial charge on any atom is 0.294 e. The minimum Gasteiger partial charge on any atom is -0.326 e. The first-order chi connectivity index (χ1) is 14.9. The highest BCUT2D eigenvalue weighted by molar-refractivity contribution is 6.14. The standard InChI is InChI=1S/C25H25N3O3/c1-15(2)13-27-19-12-8-7-11-18(19)25(24(27)31)21-20(16(3)26-25)22(29)28(23(21)30)14-17-9-5-4-6-10-17/h4-12,16,20-21,26H,1,13-14H2,2-3H3/p+1/t16-,20-,21+,25+/m1/s1. The van der Waals surface area contributed by atoms with Crippen LogP contribution in [-0.4, -0.2) is 35.2 Å². The third kappa shape index (κ3) is 2.64. The lowest BCUT2D eigenvalue weighted by atomic mass is 9.76. The van der Waals surface area contributed by atoms with Crippen LogP contribution in [0.4, 0.5) is 5.69 Å². The smallest absolute Gasteiger partial charge is 0.294 e. The van der Waals surface area contributed by atoms with Gasteiger partial charge in [0.25, 0.3) is 5.91 Å². The molecule has 3 amide bonds. The maximum absolute atomic E-state index is 13.9. The predicted molar refractivity (Wildman–Crippen MR) is 116 cm³/mol. The summed E-state index contributed by atoms with van der Waals surface area (Å²) in [4.78, 5) is 44.0. The van der Waals surface area contributed by atoms with Crippen LogP contribution in [0.1, 0.15) is 25.0 Å². The lowest BCUT2D eigenvalue weighted by Gasteiger charge is -2.27. The maximum atomic E-state index is 13.9. The molecule has 0 saturated carbocycles. The van der Waals surface area contributed by atoms with Crippen molar-refractivity contribution in [3.8, 4) is 0 Å². The van der Waals surface area contributed by atoms with Crippen LogP contribution < -0.4 is 10.2 Å². The van der Waals surface area contributed by atoms with Gasteiger partial charge < -0.3 is 10.2 Å². The van der Waals surface area contributed by atoms with Crippen molar-refractivity contribution in [3.05, 3.63) is 77.9 Å². The van der Waals surface area contributed by atoms with E-state index in [0.717, 1.165) is 22.4 Å². The van der Waals surface area contributed by atoms with E-state index in [1.807, 2.05) is 73.8 Å². The molecule has 31 heavy (non-hydrogen) atoms. The number of carbonyl (C=O) groups excluding carboxylic acids is 3. The number of hydrogen-bond acceptors (Lipinski definition) is 3. The van der Waals surface area contributed by atoms with Gasteiger partial charge in [0.2, 0.25) is 17.4 Å². The molecule has 0 aromatic heterocycles. The van der Waals surface area contributed by atoms with Gasteiger partial charge >= 0.3 is 0 Å². The van der Waals surface area contributed by atoms with Crippen molar-refractivity contribution in [2.75, 3.05) is 11.4 Å². The summed E-state index contributed by atoms with van der Waals surface area (Å²) >= 11 is 0. The van der Waals surface area contributed by atoms with E-state index in [0.29, 0.717) is 6.54 Å². The van der Waals surface area contributed by atoms with Gasteiger partial charge in [0.05, 0.1) is 18.3 Å². The molecule has 3 aliphatic rings. The fraction of sp³-hybridized carbons (Fsp3) is 0.320. The molecule has 6 heteroatoms. The van der Waals surface area contributed by atoms with Gasteiger partial charge in [-0.05, 0) is 25.5 Å². The normalized spacial score (nSPS) is 29.1. The van der Waals surface area contributed by atoms with Crippen molar-refractivity contribution in [1.29, 1.82) is 0 Å². The Balaban J connectivity index is 1.60. The number of imide groups is 1. The molecule has 2 fully saturated rings. The lowest BCUT2D eigenvalue weighted by Crippen LogP contribution is -2.98. The molecule has 4 atom stereocenters. The first-order valence-corrected chi connectivity index (χ1v) is 10.7. The Kier molecular flexibility index (Phi) is 4.38. The number of hydrogen-bond donors (Lipinski definition) is 1. The average molecular weight is 417 g/mol. The molecule has 6 nitrogen and oxygen atoms in total. The fourth-order valence-corrected chi connectivity index (χ4v) is 5.70. The quantitative estimate of drug-likeness (QED) is 0.607. The van der Waals surface area contributed by atoms with Crippen LogP contribution in [0.15, 0.2) is 66.7 Å². The van der Waals surface area contributed by atoms with Crippen molar-refractivity contribution in [2.24, 2.45) is 11.8 Å². The number of carbonyl (C=O) groups is 3. The zero-order valence-corrected chi connectivity index (χ0v) is 17.7. The SMILES string of the molecule is C=C(C)CN1C(=O)[C@]2([NH2+][C@H](C)[C@H]3C(=O)N(Cc4ccccc4)C(=O)[C@H]32)c2ccccc21. The molecule has 3 heterocycles. The summed E-state index contributed by atoms with van der Waals surface area (Å²) in [6.45, 7) is 8.44. The Morgan fingerprint density at radius 1 is 1.00 bits per heavy atom. The van der Waals surface area contributed by atoms with E-state index in [1.165, 1.54) is 4.90 Å². The zero-order chi connectivity index (χ0) is 21.9. The first-order valence-electron chi connectivity index (χ1n) is 10.7. The molecule has 0 radical (unpaired) electrons. The van der Waals surface area contributed by atoms with Gasteiger partial charge in [0, 0.05) is 12.1 Å². The number of likely N-dealkylation sites (tertiary alicyclic amines) is 1. The summed E-state index contributed by atoms with van der Waals surface area (Å²) in [5, 5.41) is 1.96. The zero-order valence-electron chi connectivity index (χ0n) is 17.7. The van der Waals surface area contributed by atoms with E-state index >= 15 is 0 Å². The number of nitrogens with two attached hydrogens (primary N) is 1. The molecule has 1 spiro atoms. The van der Waals surface area contributed by atoms with Crippen LogP contribution in [0.25, 0.3) is 0 Å². The second-order valence-electron chi connectivity index (χ2n) is 9.01. The molecule has 0 unspecified atom stereocenters. The van der Waals surface area contributed by atoms with Crippen LogP contribution in [0, 0.1) is 11.8 Å². The Morgan fingerprint density at radius 3 is 2.39 bits per heavy atom. The first kappa shape index (κ1) is 19.7. The number of quaternary nitrogens is 1. The van der Waals surface area contributed by atoms with Gasteiger partial charge in [-0.1, -0.05) is 60.7 Å².